The van der Waals surface area contributed by atoms with E-state index < -0.39 is 28.3 Å². The highest BCUT2D eigenvalue weighted by Gasteiger charge is 2.24. The van der Waals surface area contributed by atoms with Gasteiger partial charge in [-0.05, 0) is 22.6 Å². The summed E-state index contributed by atoms with van der Waals surface area (Å²) in [4.78, 5) is 12.9. The maximum atomic E-state index is 12.3. The molecule has 1 aromatic heterocycles. The van der Waals surface area contributed by atoms with Crippen LogP contribution in [0.25, 0.3) is 0 Å². The molecule has 1 heterocycles. The summed E-state index contributed by atoms with van der Waals surface area (Å²) in [5.41, 5.74) is -1.62. The molecule has 0 aliphatic carbocycles. The highest BCUT2D eigenvalue weighted by molar-refractivity contribution is 14.1. The average Bonchev–Trinajstić information content (AvgIpc) is 2.16. The number of halogens is 3. The van der Waals surface area contributed by atoms with Crippen molar-refractivity contribution in [3.8, 4) is 6.07 Å². The molecule has 0 bridgehead atoms. The molecular formula is C7H2F2IN3O2. The van der Waals surface area contributed by atoms with Crippen molar-refractivity contribution in [2.24, 2.45) is 0 Å². The molecular weight excluding hydrogens is 323 g/mol. The zero-order valence-electron chi connectivity index (χ0n) is 6.95. The van der Waals surface area contributed by atoms with Crippen molar-refractivity contribution < 1.29 is 13.7 Å². The lowest BCUT2D eigenvalue weighted by Crippen LogP contribution is -2.02. The van der Waals surface area contributed by atoms with Gasteiger partial charge in [0.15, 0.2) is 0 Å². The summed E-state index contributed by atoms with van der Waals surface area (Å²) in [6.07, 6.45) is -2.20. The Morgan fingerprint density at radius 2 is 2.27 bits per heavy atom. The van der Waals surface area contributed by atoms with Crippen LogP contribution < -0.4 is 0 Å². The van der Waals surface area contributed by atoms with Crippen LogP contribution >= 0.6 is 22.6 Å². The molecule has 0 aliphatic rings. The minimum atomic E-state index is -2.92. The number of pyridine rings is 1. The van der Waals surface area contributed by atoms with E-state index in [2.05, 4.69) is 4.98 Å². The van der Waals surface area contributed by atoms with Gasteiger partial charge in [0.2, 0.25) is 0 Å². The van der Waals surface area contributed by atoms with Crippen LogP contribution in [0.15, 0.2) is 6.20 Å². The van der Waals surface area contributed by atoms with Gasteiger partial charge in [-0.1, -0.05) is 0 Å². The maximum Gasteiger partial charge on any atom is 0.302 e. The smallest absolute Gasteiger partial charge is 0.258 e. The summed E-state index contributed by atoms with van der Waals surface area (Å²) in [5, 5.41) is 19.0. The van der Waals surface area contributed by atoms with E-state index in [9.17, 15) is 18.9 Å². The summed E-state index contributed by atoms with van der Waals surface area (Å²) in [5.74, 6) is 0. The van der Waals surface area contributed by atoms with Crippen molar-refractivity contribution in [1.29, 1.82) is 5.26 Å². The van der Waals surface area contributed by atoms with E-state index in [0.717, 1.165) is 6.20 Å². The zero-order chi connectivity index (χ0) is 11.6. The Labute approximate surface area is 96.0 Å². The molecule has 0 N–H and O–H groups in total. The van der Waals surface area contributed by atoms with E-state index in [1.54, 1.807) is 0 Å². The van der Waals surface area contributed by atoms with Crippen molar-refractivity contribution in [2.45, 2.75) is 6.43 Å². The monoisotopic (exact) mass is 325 g/mol. The zero-order valence-corrected chi connectivity index (χ0v) is 9.10. The van der Waals surface area contributed by atoms with Crippen LogP contribution in [-0.2, 0) is 0 Å². The van der Waals surface area contributed by atoms with E-state index in [4.69, 9.17) is 5.26 Å². The van der Waals surface area contributed by atoms with E-state index >= 15 is 0 Å². The minimum Gasteiger partial charge on any atom is -0.258 e. The number of hydrogen-bond donors (Lipinski definition) is 0. The van der Waals surface area contributed by atoms with Crippen molar-refractivity contribution in [3.63, 3.8) is 0 Å². The highest BCUT2D eigenvalue weighted by atomic mass is 127. The molecule has 0 aromatic carbocycles. The number of nitro groups is 1. The normalized spacial score (nSPS) is 10.1. The molecule has 8 heteroatoms. The standard InChI is InChI=1S/C7H2F2IN3O2/c8-7(9)6-3(1-11)5(10)4(2-12-6)13(14)15/h2,7H. The van der Waals surface area contributed by atoms with Gasteiger partial charge >= 0.3 is 5.69 Å². The van der Waals surface area contributed by atoms with Gasteiger partial charge in [-0.2, -0.15) is 5.26 Å². The van der Waals surface area contributed by atoms with E-state index in [1.807, 2.05) is 0 Å². The summed E-state index contributed by atoms with van der Waals surface area (Å²) >= 11 is 1.48. The van der Waals surface area contributed by atoms with Crippen LogP contribution in [0.5, 0.6) is 0 Å². The number of aromatic nitrogens is 1. The van der Waals surface area contributed by atoms with Gasteiger partial charge in [0, 0.05) is 0 Å². The van der Waals surface area contributed by atoms with Crippen LogP contribution in [0.3, 0.4) is 0 Å². The van der Waals surface area contributed by atoms with Crippen LogP contribution in [0.4, 0.5) is 14.5 Å². The molecule has 0 saturated heterocycles. The van der Waals surface area contributed by atoms with E-state index in [0.29, 0.717) is 0 Å². The Morgan fingerprint density at radius 3 is 2.67 bits per heavy atom. The summed E-state index contributed by atoms with van der Waals surface area (Å²) < 4.78 is 24.6. The number of hydrogen-bond acceptors (Lipinski definition) is 4. The fourth-order valence-electron chi connectivity index (χ4n) is 0.892. The van der Waals surface area contributed by atoms with Crippen LogP contribution in [0.1, 0.15) is 17.7 Å². The average molecular weight is 325 g/mol. The second-order valence-electron chi connectivity index (χ2n) is 2.39. The van der Waals surface area contributed by atoms with Crippen molar-refractivity contribution in [2.75, 3.05) is 0 Å². The van der Waals surface area contributed by atoms with Crippen LogP contribution in [0, 0.1) is 25.0 Å². The molecule has 0 saturated carbocycles. The Balaban J connectivity index is 3.48. The molecule has 0 amide bonds. The van der Waals surface area contributed by atoms with Gasteiger partial charge in [-0.15, -0.1) is 0 Å². The molecule has 0 atom stereocenters. The molecule has 0 radical (unpaired) electrons. The Kier molecular flexibility index (Phi) is 3.46. The summed E-state index contributed by atoms with van der Waals surface area (Å²) in [6.45, 7) is 0. The molecule has 0 aliphatic heterocycles. The first kappa shape index (κ1) is 11.7. The first-order chi connectivity index (χ1) is 6.99. The number of rotatable bonds is 2. The quantitative estimate of drug-likeness (QED) is 0.475. The summed E-state index contributed by atoms with van der Waals surface area (Å²) in [6, 6.07) is 1.49. The first-order valence-corrected chi connectivity index (χ1v) is 4.58. The second-order valence-corrected chi connectivity index (χ2v) is 3.47. The van der Waals surface area contributed by atoms with Crippen molar-refractivity contribution in [3.05, 3.63) is 31.1 Å². The summed E-state index contributed by atoms with van der Waals surface area (Å²) in [7, 11) is 0. The molecule has 15 heavy (non-hydrogen) atoms. The van der Waals surface area contributed by atoms with Crippen LogP contribution in [0.2, 0.25) is 0 Å². The molecule has 0 spiro atoms. The first-order valence-electron chi connectivity index (χ1n) is 3.50. The van der Waals surface area contributed by atoms with Gasteiger partial charge in [0.05, 0.1) is 10.5 Å². The third kappa shape index (κ3) is 2.17. The second kappa shape index (κ2) is 4.43. The Hall–Kier alpha value is -1.37. The number of nitriles is 1. The number of nitrogens with zero attached hydrogens (tertiary/aromatic N) is 3. The Morgan fingerprint density at radius 1 is 1.67 bits per heavy atom. The van der Waals surface area contributed by atoms with Crippen molar-refractivity contribution in [1.82, 2.24) is 4.98 Å². The van der Waals surface area contributed by atoms with Gasteiger partial charge in [-0.25, -0.2) is 13.8 Å². The van der Waals surface area contributed by atoms with Gasteiger partial charge < -0.3 is 0 Å². The third-order valence-corrected chi connectivity index (χ3v) is 2.63. The van der Waals surface area contributed by atoms with Gasteiger partial charge in [0.25, 0.3) is 6.43 Å². The predicted molar refractivity (Wildman–Crippen MR) is 53.3 cm³/mol. The van der Waals surface area contributed by atoms with Crippen molar-refractivity contribution >= 4 is 28.3 Å². The molecule has 78 valence electrons. The number of alkyl halides is 2. The van der Waals surface area contributed by atoms with Gasteiger partial charge in [0.1, 0.15) is 21.5 Å². The lowest BCUT2D eigenvalue weighted by Gasteiger charge is -2.03. The predicted octanol–water partition coefficient (Wildman–Crippen LogP) is 2.40. The molecule has 5 nitrogen and oxygen atoms in total. The Bertz CT molecular complexity index is 458. The lowest BCUT2D eigenvalue weighted by atomic mass is 10.2. The largest absolute Gasteiger partial charge is 0.302 e. The lowest BCUT2D eigenvalue weighted by molar-refractivity contribution is -0.386. The topological polar surface area (TPSA) is 79.8 Å². The fraction of sp³-hybridized carbons (Fsp3) is 0.143. The maximum absolute atomic E-state index is 12.3. The molecule has 0 fully saturated rings. The van der Waals surface area contributed by atoms with Crippen LogP contribution in [-0.4, -0.2) is 9.91 Å². The molecule has 0 unspecified atom stereocenters. The minimum absolute atomic E-state index is 0.120. The van der Waals surface area contributed by atoms with E-state index in [1.165, 1.54) is 28.7 Å². The highest BCUT2D eigenvalue weighted by Crippen LogP contribution is 2.29. The fourth-order valence-corrected chi connectivity index (χ4v) is 1.62. The third-order valence-electron chi connectivity index (χ3n) is 1.54. The molecule has 1 rings (SSSR count). The van der Waals surface area contributed by atoms with E-state index in [-0.39, 0.29) is 3.57 Å². The molecule has 1 aromatic rings. The SMILES string of the molecule is N#Cc1c(C(F)F)ncc([N+](=O)[O-])c1I. The van der Waals surface area contributed by atoms with Gasteiger partial charge in [-0.3, -0.25) is 10.1 Å².